The van der Waals surface area contributed by atoms with Crippen molar-refractivity contribution in [3.63, 3.8) is 0 Å². The quantitative estimate of drug-likeness (QED) is 0.621. The van der Waals surface area contributed by atoms with E-state index >= 15 is 0 Å². The second-order valence-corrected chi connectivity index (χ2v) is 2.33. The second kappa shape index (κ2) is 2.46. The van der Waals surface area contributed by atoms with Gasteiger partial charge in [-0.2, -0.15) is 0 Å². The van der Waals surface area contributed by atoms with Crippen LogP contribution in [0.1, 0.15) is 0 Å². The van der Waals surface area contributed by atoms with Crippen LogP contribution in [0.25, 0.3) is 0 Å². The van der Waals surface area contributed by atoms with Gasteiger partial charge in [0.05, 0.1) is 10.0 Å². The van der Waals surface area contributed by atoms with Gasteiger partial charge in [0.25, 0.3) is 0 Å². The molecule has 1 aromatic rings. The van der Waals surface area contributed by atoms with Gasteiger partial charge < -0.3 is 5.11 Å². The molecule has 0 spiro atoms. The molecule has 9 heavy (non-hydrogen) atoms. The van der Waals surface area contributed by atoms with E-state index in [1.807, 2.05) is 0 Å². The van der Waals surface area contributed by atoms with E-state index in [1.165, 1.54) is 12.1 Å². The van der Waals surface area contributed by atoms with Crippen LogP contribution >= 0.6 is 23.2 Å². The largest absolute Gasteiger partial charge is 0.507 e. The van der Waals surface area contributed by atoms with Crippen molar-refractivity contribution >= 4 is 23.2 Å². The fourth-order valence-electron chi connectivity index (χ4n) is 0.437. The zero-order chi connectivity index (χ0) is 6.85. The Labute approximate surface area is 62.8 Å². The normalized spacial score (nSPS) is 9.56. The minimum Gasteiger partial charge on any atom is -0.507 e. The Balaban J connectivity index is 3.17. The molecule has 0 aliphatic rings. The van der Waals surface area contributed by atoms with Crippen molar-refractivity contribution in [3.05, 3.63) is 28.2 Å². The SMILES string of the molecule is Oc1[c]cc(Cl)c(Cl)c1. The molecule has 1 N–H and O–H groups in total. The highest BCUT2D eigenvalue weighted by molar-refractivity contribution is 6.42. The summed E-state index contributed by atoms with van der Waals surface area (Å²) in [5.74, 6) is 0.00407. The van der Waals surface area contributed by atoms with E-state index in [-0.39, 0.29) is 5.75 Å². The van der Waals surface area contributed by atoms with Gasteiger partial charge in [-0.3, -0.25) is 0 Å². The fraction of sp³-hybridized carbons (Fsp3) is 0. The standard InChI is InChI=1S/C6H3Cl2O/c7-5-2-1-4(9)3-6(5)8/h2-3,9H. The van der Waals surface area contributed by atoms with Gasteiger partial charge in [-0.05, 0) is 6.07 Å². The molecule has 1 radical (unpaired) electrons. The predicted octanol–water partition coefficient (Wildman–Crippen LogP) is 2.50. The maximum absolute atomic E-state index is 8.74. The molecule has 47 valence electrons. The molecule has 0 aliphatic heterocycles. The summed E-state index contributed by atoms with van der Waals surface area (Å²) in [5, 5.41) is 9.48. The number of rotatable bonds is 0. The van der Waals surface area contributed by atoms with Crippen LogP contribution in [-0.2, 0) is 0 Å². The van der Waals surface area contributed by atoms with E-state index in [2.05, 4.69) is 6.07 Å². The molecule has 0 bridgehead atoms. The van der Waals surface area contributed by atoms with E-state index in [9.17, 15) is 0 Å². The molecule has 1 aromatic carbocycles. The van der Waals surface area contributed by atoms with Crippen molar-refractivity contribution in [1.29, 1.82) is 0 Å². The van der Waals surface area contributed by atoms with Gasteiger partial charge in [0.15, 0.2) is 0 Å². The summed E-state index contributed by atoms with van der Waals surface area (Å²) in [6.07, 6.45) is 0. The molecule has 0 saturated carbocycles. The zero-order valence-corrected chi connectivity index (χ0v) is 5.87. The summed E-state index contributed by atoms with van der Waals surface area (Å²) in [6.45, 7) is 0. The van der Waals surface area contributed by atoms with Gasteiger partial charge in [0.1, 0.15) is 5.75 Å². The highest BCUT2D eigenvalue weighted by Crippen LogP contribution is 2.24. The van der Waals surface area contributed by atoms with E-state index in [0.717, 1.165) is 0 Å². The minimum atomic E-state index is 0.00407. The Morgan fingerprint density at radius 1 is 1.33 bits per heavy atom. The first kappa shape index (κ1) is 6.72. The van der Waals surface area contributed by atoms with Crippen molar-refractivity contribution < 1.29 is 5.11 Å². The number of aromatic hydroxyl groups is 1. The first-order valence-corrected chi connectivity index (χ1v) is 3.01. The van der Waals surface area contributed by atoms with Gasteiger partial charge in [0, 0.05) is 12.1 Å². The Morgan fingerprint density at radius 3 is 2.44 bits per heavy atom. The van der Waals surface area contributed by atoms with Crippen LogP contribution in [-0.4, -0.2) is 5.11 Å². The van der Waals surface area contributed by atoms with Crippen LogP contribution in [0.3, 0.4) is 0 Å². The van der Waals surface area contributed by atoms with E-state index in [0.29, 0.717) is 10.0 Å². The third-order valence-corrected chi connectivity index (χ3v) is 1.56. The van der Waals surface area contributed by atoms with Crippen LogP contribution < -0.4 is 0 Å². The van der Waals surface area contributed by atoms with Gasteiger partial charge in [-0.25, -0.2) is 0 Å². The van der Waals surface area contributed by atoms with Crippen molar-refractivity contribution in [3.8, 4) is 5.75 Å². The van der Waals surface area contributed by atoms with E-state index in [1.54, 1.807) is 0 Å². The Bertz CT molecular complexity index is 222. The van der Waals surface area contributed by atoms with E-state index < -0.39 is 0 Å². The Kier molecular flexibility index (Phi) is 1.84. The van der Waals surface area contributed by atoms with Crippen LogP contribution in [0, 0.1) is 6.07 Å². The Morgan fingerprint density at radius 2 is 2.00 bits per heavy atom. The van der Waals surface area contributed by atoms with Crippen molar-refractivity contribution in [2.45, 2.75) is 0 Å². The number of halogens is 2. The molecular formula is C6H3Cl2O. The van der Waals surface area contributed by atoms with E-state index in [4.69, 9.17) is 28.3 Å². The number of benzene rings is 1. The lowest BCUT2D eigenvalue weighted by atomic mass is 10.3. The highest BCUT2D eigenvalue weighted by atomic mass is 35.5. The molecular weight excluding hydrogens is 159 g/mol. The highest BCUT2D eigenvalue weighted by Gasteiger charge is 1.95. The zero-order valence-electron chi connectivity index (χ0n) is 4.36. The van der Waals surface area contributed by atoms with Gasteiger partial charge in [-0.15, -0.1) is 0 Å². The lowest BCUT2D eigenvalue weighted by molar-refractivity contribution is 0.474. The molecule has 0 aromatic heterocycles. The molecule has 0 heterocycles. The summed E-state index contributed by atoms with van der Waals surface area (Å²) in [6, 6.07) is 5.23. The molecule has 0 fully saturated rings. The summed E-state index contributed by atoms with van der Waals surface area (Å²) in [4.78, 5) is 0. The lowest BCUT2D eigenvalue weighted by Crippen LogP contribution is -1.67. The summed E-state index contributed by atoms with van der Waals surface area (Å²) < 4.78 is 0. The molecule has 3 heteroatoms. The number of phenolic OH excluding ortho intramolecular Hbond substituents is 1. The molecule has 0 aliphatic carbocycles. The molecule has 1 rings (SSSR count). The van der Waals surface area contributed by atoms with Gasteiger partial charge in [-0.1, -0.05) is 23.2 Å². The summed E-state index contributed by atoms with van der Waals surface area (Å²) in [5.41, 5.74) is 0. The maximum atomic E-state index is 8.74. The number of hydrogen-bond donors (Lipinski definition) is 1. The third kappa shape index (κ3) is 1.50. The van der Waals surface area contributed by atoms with Gasteiger partial charge in [0.2, 0.25) is 0 Å². The van der Waals surface area contributed by atoms with Crippen LogP contribution in [0.15, 0.2) is 12.1 Å². The number of hydrogen-bond acceptors (Lipinski definition) is 1. The minimum absolute atomic E-state index is 0.00407. The molecule has 0 unspecified atom stereocenters. The molecule has 1 nitrogen and oxygen atoms in total. The molecule has 0 amide bonds. The lowest BCUT2D eigenvalue weighted by Gasteiger charge is -1.92. The Hall–Kier alpha value is -0.400. The number of phenols is 1. The fourth-order valence-corrected chi connectivity index (χ4v) is 0.704. The maximum Gasteiger partial charge on any atom is 0.125 e. The smallest absolute Gasteiger partial charge is 0.125 e. The van der Waals surface area contributed by atoms with Crippen LogP contribution in [0.4, 0.5) is 0 Å². The predicted molar refractivity (Wildman–Crippen MR) is 37.0 cm³/mol. The van der Waals surface area contributed by atoms with Crippen molar-refractivity contribution in [2.75, 3.05) is 0 Å². The van der Waals surface area contributed by atoms with Crippen LogP contribution in [0.5, 0.6) is 5.75 Å². The van der Waals surface area contributed by atoms with Crippen molar-refractivity contribution in [1.82, 2.24) is 0 Å². The first-order valence-electron chi connectivity index (χ1n) is 2.26. The molecule has 0 atom stereocenters. The van der Waals surface area contributed by atoms with Gasteiger partial charge >= 0.3 is 0 Å². The summed E-state index contributed by atoms with van der Waals surface area (Å²) in [7, 11) is 0. The molecule has 0 saturated heterocycles. The monoisotopic (exact) mass is 161 g/mol. The first-order chi connectivity index (χ1) is 4.20. The van der Waals surface area contributed by atoms with Crippen LogP contribution in [0.2, 0.25) is 10.0 Å². The summed E-state index contributed by atoms with van der Waals surface area (Å²) >= 11 is 11.0. The topological polar surface area (TPSA) is 20.2 Å². The van der Waals surface area contributed by atoms with Crippen molar-refractivity contribution in [2.24, 2.45) is 0 Å². The third-order valence-electron chi connectivity index (χ3n) is 0.838. The average Bonchev–Trinajstić information content (AvgIpc) is 1.80. The second-order valence-electron chi connectivity index (χ2n) is 1.51. The average molecular weight is 162 g/mol.